The van der Waals surface area contributed by atoms with Gasteiger partial charge in [0.05, 0.1) is 29.8 Å². The first-order valence-corrected chi connectivity index (χ1v) is 9.60. The Morgan fingerprint density at radius 1 is 1.34 bits per heavy atom. The van der Waals surface area contributed by atoms with Crippen LogP contribution in [0.1, 0.15) is 19.4 Å². The summed E-state index contributed by atoms with van der Waals surface area (Å²) in [5.74, 6) is 0.843. The number of benzene rings is 1. The van der Waals surface area contributed by atoms with Gasteiger partial charge in [-0.15, -0.1) is 0 Å². The normalized spacial score (nSPS) is 16.8. The molecule has 8 heteroatoms. The quantitative estimate of drug-likeness (QED) is 0.720. The van der Waals surface area contributed by atoms with E-state index in [4.69, 9.17) is 31.1 Å². The molecule has 1 amide bonds. The molecule has 0 bridgehead atoms. The molecule has 1 aliphatic rings. The van der Waals surface area contributed by atoms with E-state index in [9.17, 15) is 4.79 Å². The second-order valence-electron chi connectivity index (χ2n) is 7.12. The summed E-state index contributed by atoms with van der Waals surface area (Å²) < 4.78 is 17.3. The van der Waals surface area contributed by atoms with Gasteiger partial charge in [-0.25, -0.2) is 4.98 Å². The molecule has 1 saturated heterocycles. The molecule has 0 aliphatic carbocycles. The zero-order valence-corrected chi connectivity index (χ0v) is 17.1. The van der Waals surface area contributed by atoms with Crippen LogP contribution in [0.25, 0.3) is 0 Å². The summed E-state index contributed by atoms with van der Waals surface area (Å²) in [6.45, 7) is 5.02. The van der Waals surface area contributed by atoms with Crippen LogP contribution in [0.3, 0.4) is 0 Å². The molecule has 0 saturated carbocycles. The second-order valence-corrected chi connectivity index (χ2v) is 7.55. The molecule has 3 rings (SSSR count). The molecule has 1 aliphatic heterocycles. The van der Waals surface area contributed by atoms with Crippen molar-refractivity contribution in [2.75, 3.05) is 26.3 Å². The predicted octanol–water partition coefficient (Wildman–Crippen LogP) is 3.07. The number of amides is 1. The summed E-state index contributed by atoms with van der Waals surface area (Å²) in [4.78, 5) is 18.8. The first-order valence-electron chi connectivity index (χ1n) is 9.22. The number of morpholine rings is 1. The van der Waals surface area contributed by atoms with Crippen LogP contribution in [0.2, 0.25) is 5.02 Å². The summed E-state index contributed by atoms with van der Waals surface area (Å²) in [7, 11) is 0. The van der Waals surface area contributed by atoms with E-state index in [1.807, 2.05) is 0 Å². The van der Waals surface area contributed by atoms with E-state index in [-0.39, 0.29) is 18.6 Å². The molecule has 0 radical (unpaired) electrons. The molecule has 2 aromatic rings. The lowest BCUT2D eigenvalue weighted by Gasteiger charge is -2.37. The van der Waals surface area contributed by atoms with Crippen molar-refractivity contribution >= 4 is 17.5 Å². The highest BCUT2D eigenvalue weighted by Crippen LogP contribution is 2.22. The van der Waals surface area contributed by atoms with Gasteiger partial charge in [-0.3, -0.25) is 4.79 Å². The van der Waals surface area contributed by atoms with Gasteiger partial charge in [0.25, 0.3) is 5.91 Å². The molecule has 1 fully saturated rings. The molecule has 0 spiro atoms. The number of hydrogen-bond donors (Lipinski definition) is 0. The standard InChI is InChI=1S/C21H22ClN3O4/c1-21(2,29-17-6-3-15(11-23)4-7-17)20(26)25-9-10-27-18(13-25)14-28-19-8-5-16(22)12-24-19/h3-8,12,18H,9-10,13-14H2,1-2H3. The number of carbonyl (C=O) groups excluding carboxylic acids is 1. The van der Waals surface area contributed by atoms with Crippen LogP contribution in [0, 0.1) is 11.3 Å². The van der Waals surface area contributed by atoms with Crippen LogP contribution in [-0.2, 0) is 9.53 Å². The Labute approximate surface area is 174 Å². The van der Waals surface area contributed by atoms with E-state index >= 15 is 0 Å². The van der Waals surface area contributed by atoms with Gasteiger partial charge in [0.15, 0.2) is 5.60 Å². The Bertz CT molecular complexity index is 878. The Hall–Kier alpha value is -2.82. The third-order valence-electron chi connectivity index (χ3n) is 4.41. The number of aromatic nitrogens is 1. The third kappa shape index (κ3) is 5.59. The SMILES string of the molecule is CC(C)(Oc1ccc(C#N)cc1)C(=O)N1CCOC(COc2ccc(Cl)cn2)C1. The molecule has 1 aromatic carbocycles. The number of nitriles is 1. The van der Waals surface area contributed by atoms with Crippen molar-refractivity contribution in [3.05, 3.63) is 53.2 Å². The molecule has 152 valence electrons. The molecule has 1 aromatic heterocycles. The number of halogens is 1. The lowest BCUT2D eigenvalue weighted by molar-refractivity contribution is -0.153. The molecular formula is C21H22ClN3O4. The molecule has 7 nitrogen and oxygen atoms in total. The first-order chi connectivity index (χ1) is 13.9. The fraction of sp³-hybridized carbons (Fsp3) is 0.381. The Morgan fingerprint density at radius 3 is 2.76 bits per heavy atom. The number of ether oxygens (including phenoxy) is 3. The largest absolute Gasteiger partial charge is 0.478 e. The van der Waals surface area contributed by atoms with E-state index in [0.29, 0.717) is 41.9 Å². The maximum atomic E-state index is 13.0. The van der Waals surface area contributed by atoms with Crippen LogP contribution in [0.15, 0.2) is 42.6 Å². The molecule has 1 atom stereocenters. The lowest BCUT2D eigenvalue weighted by Crippen LogP contribution is -2.55. The molecule has 29 heavy (non-hydrogen) atoms. The van der Waals surface area contributed by atoms with Gasteiger partial charge < -0.3 is 19.1 Å². The summed E-state index contributed by atoms with van der Waals surface area (Å²) in [6.07, 6.45) is 1.24. The van der Waals surface area contributed by atoms with Gasteiger partial charge in [-0.05, 0) is 44.2 Å². The van der Waals surface area contributed by atoms with Gasteiger partial charge in [0.1, 0.15) is 18.5 Å². The second kappa shape index (κ2) is 9.12. The van der Waals surface area contributed by atoms with E-state index in [0.717, 1.165) is 0 Å². The first kappa shape index (κ1) is 20.9. The fourth-order valence-corrected chi connectivity index (χ4v) is 3.06. The molecule has 1 unspecified atom stereocenters. The zero-order chi connectivity index (χ0) is 20.9. The van der Waals surface area contributed by atoms with Gasteiger partial charge in [-0.2, -0.15) is 5.26 Å². The van der Waals surface area contributed by atoms with E-state index in [1.165, 1.54) is 6.20 Å². The summed E-state index contributed by atoms with van der Waals surface area (Å²) in [5.41, 5.74) is -0.526. The van der Waals surface area contributed by atoms with Crippen molar-refractivity contribution in [3.63, 3.8) is 0 Å². The third-order valence-corrected chi connectivity index (χ3v) is 4.64. The van der Waals surface area contributed by atoms with E-state index in [2.05, 4.69) is 11.1 Å². The minimum Gasteiger partial charge on any atom is -0.478 e. The minimum atomic E-state index is -1.06. The molecular weight excluding hydrogens is 394 g/mol. The summed E-state index contributed by atoms with van der Waals surface area (Å²) in [5, 5.41) is 9.42. The molecule has 0 N–H and O–H groups in total. The summed E-state index contributed by atoms with van der Waals surface area (Å²) >= 11 is 5.82. The van der Waals surface area contributed by atoms with Crippen LogP contribution in [0.5, 0.6) is 11.6 Å². The number of hydrogen-bond acceptors (Lipinski definition) is 6. The lowest BCUT2D eigenvalue weighted by atomic mass is 10.1. The van der Waals surface area contributed by atoms with Crippen molar-refractivity contribution < 1.29 is 19.0 Å². The number of rotatable bonds is 6. The van der Waals surface area contributed by atoms with Crippen LogP contribution in [0.4, 0.5) is 0 Å². The van der Waals surface area contributed by atoms with Gasteiger partial charge in [-0.1, -0.05) is 11.6 Å². The topological polar surface area (TPSA) is 84.7 Å². The monoisotopic (exact) mass is 415 g/mol. The average Bonchev–Trinajstić information content (AvgIpc) is 2.73. The summed E-state index contributed by atoms with van der Waals surface area (Å²) in [6, 6.07) is 12.1. The smallest absolute Gasteiger partial charge is 0.266 e. The maximum absolute atomic E-state index is 13.0. The average molecular weight is 416 g/mol. The van der Waals surface area contributed by atoms with Gasteiger partial charge >= 0.3 is 0 Å². The van der Waals surface area contributed by atoms with Crippen molar-refractivity contribution in [2.45, 2.75) is 25.6 Å². The number of pyridine rings is 1. The van der Waals surface area contributed by atoms with E-state index in [1.54, 1.807) is 55.1 Å². The van der Waals surface area contributed by atoms with Crippen LogP contribution < -0.4 is 9.47 Å². The highest BCUT2D eigenvalue weighted by atomic mass is 35.5. The Kier molecular flexibility index (Phi) is 6.57. The predicted molar refractivity (Wildman–Crippen MR) is 107 cm³/mol. The Morgan fingerprint density at radius 2 is 2.10 bits per heavy atom. The highest BCUT2D eigenvalue weighted by Gasteiger charge is 2.37. The zero-order valence-electron chi connectivity index (χ0n) is 16.3. The van der Waals surface area contributed by atoms with Crippen molar-refractivity contribution in [3.8, 4) is 17.7 Å². The van der Waals surface area contributed by atoms with Crippen molar-refractivity contribution in [2.24, 2.45) is 0 Å². The Balaban J connectivity index is 1.57. The number of carbonyl (C=O) groups is 1. The molecule has 2 heterocycles. The van der Waals surface area contributed by atoms with Crippen LogP contribution in [-0.4, -0.2) is 53.8 Å². The maximum Gasteiger partial charge on any atom is 0.266 e. The van der Waals surface area contributed by atoms with Crippen LogP contribution >= 0.6 is 11.6 Å². The van der Waals surface area contributed by atoms with Gasteiger partial charge in [0, 0.05) is 18.8 Å². The highest BCUT2D eigenvalue weighted by molar-refractivity contribution is 6.30. The number of nitrogens with zero attached hydrogens (tertiary/aromatic N) is 3. The van der Waals surface area contributed by atoms with Gasteiger partial charge in [0.2, 0.25) is 5.88 Å². The van der Waals surface area contributed by atoms with Crippen molar-refractivity contribution in [1.29, 1.82) is 5.26 Å². The minimum absolute atomic E-state index is 0.139. The fourth-order valence-electron chi connectivity index (χ4n) is 2.95. The van der Waals surface area contributed by atoms with E-state index < -0.39 is 5.60 Å². The van der Waals surface area contributed by atoms with Crippen molar-refractivity contribution in [1.82, 2.24) is 9.88 Å².